The second-order valence-electron chi connectivity index (χ2n) is 5.81. The van der Waals surface area contributed by atoms with Crippen LogP contribution in [0.4, 0.5) is 0 Å². The predicted molar refractivity (Wildman–Crippen MR) is 79.2 cm³/mol. The fourth-order valence-corrected chi connectivity index (χ4v) is 2.91. The number of piperidine rings is 1. The Labute approximate surface area is 116 Å². The van der Waals surface area contributed by atoms with Crippen molar-refractivity contribution in [1.29, 1.82) is 0 Å². The zero-order valence-corrected chi connectivity index (χ0v) is 12.4. The summed E-state index contributed by atoms with van der Waals surface area (Å²) in [7, 11) is 0. The van der Waals surface area contributed by atoms with E-state index >= 15 is 0 Å². The van der Waals surface area contributed by atoms with Gasteiger partial charge in [0, 0.05) is 25.4 Å². The van der Waals surface area contributed by atoms with E-state index in [9.17, 15) is 4.79 Å². The summed E-state index contributed by atoms with van der Waals surface area (Å²) in [5, 5.41) is 0. The summed E-state index contributed by atoms with van der Waals surface area (Å²) >= 11 is 0. The van der Waals surface area contributed by atoms with E-state index in [0.29, 0.717) is 12.2 Å². The lowest BCUT2D eigenvalue weighted by Gasteiger charge is -2.32. The molecule has 1 unspecified atom stereocenters. The van der Waals surface area contributed by atoms with Gasteiger partial charge in [0.1, 0.15) is 5.78 Å². The van der Waals surface area contributed by atoms with Gasteiger partial charge < -0.3 is 0 Å². The van der Waals surface area contributed by atoms with Gasteiger partial charge in [-0.25, -0.2) is 0 Å². The summed E-state index contributed by atoms with van der Waals surface area (Å²) in [4.78, 5) is 14.3. The summed E-state index contributed by atoms with van der Waals surface area (Å²) in [5.41, 5.74) is 4.07. The third kappa shape index (κ3) is 3.66. The fraction of sp³-hybridized carbons (Fsp3) is 0.588. The molecule has 1 saturated heterocycles. The van der Waals surface area contributed by atoms with E-state index in [4.69, 9.17) is 0 Å². The minimum atomic E-state index is 0.269. The highest BCUT2D eigenvalue weighted by Gasteiger charge is 2.24. The maximum atomic E-state index is 11.8. The summed E-state index contributed by atoms with van der Waals surface area (Å²) < 4.78 is 0. The predicted octanol–water partition coefficient (Wildman–Crippen LogP) is 3.49. The molecule has 1 heterocycles. The third-order valence-electron chi connectivity index (χ3n) is 4.29. The topological polar surface area (TPSA) is 20.3 Å². The van der Waals surface area contributed by atoms with Gasteiger partial charge in [0.25, 0.3) is 0 Å². The van der Waals surface area contributed by atoms with Crippen LogP contribution in [-0.2, 0) is 11.3 Å². The van der Waals surface area contributed by atoms with Crippen LogP contribution in [0.1, 0.15) is 42.9 Å². The molecule has 2 heteroatoms. The van der Waals surface area contributed by atoms with E-state index in [1.807, 2.05) is 6.92 Å². The van der Waals surface area contributed by atoms with Crippen molar-refractivity contribution in [3.63, 3.8) is 0 Å². The van der Waals surface area contributed by atoms with E-state index in [1.165, 1.54) is 16.7 Å². The Hall–Kier alpha value is -1.15. The van der Waals surface area contributed by atoms with Crippen molar-refractivity contribution in [3.8, 4) is 0 Å². The molecule has 0 saturated carbocycles. The highest BCUT2D eigenvalue weighted by Crippen LogP contribution is 2.21. The van der Waals surface area contributed by atoms with Crippen molar-refractivity contribution in [1.82, 2.24) is 4.90 Å². The van der Waals surface area contributed by atoms with Gasteiger partial charge in [0.15, 0.2) is 0 Å². The van der Waals surface area contributed by atoms with Gasteiger partial charge in [-0.15, -0.1) is 0 Å². The summed E-state index contributed by atoms with van der Waals surface area (Å²) in [5.74, 6) is 0.704. The maximum absolute atomic E-state index is 11.8. The molecule has 0 bridgehead atoms. The molecule has 19 heavy (non-hydrogen) atoms. The maximum Gasteiger partial charge on any atom is 0.136 e. The Balaban J connectivity index is 1.98. The number of nitrogens with zero attached hydrogens (tertiary/aromatic N) is 1. The van der Waals surface area contributed by atoms with Gasteiger partial charge in [0.05, 0.1) is 0 Å². The molecule has 0 spiro atoms. The Morgan fingerprint density at radius 2 is 2.11 bits per heavy atom. The monoisotopic (exact) mass is 259 g/mol. The average Bonchev–Trinajstić information content (AvgIpc) is 2.42. The van der Waals surface area contributed by atoms with Gasteiger partial charge in [-0.05, 0) is 49.9 Å². The number of rotatable bonds is 4. The van der Waals surface area contributed by atoms with E-state index in [2.05, 4.69) is 36.9 Å². The van der Waals surface area contributed by atoms with Crippen LogP contribution in [0.3, 0.4) is 0 Å². The van der Waals surface area contributed by atoms with Gasteiger partial charge in [-0.1, -0.05) is 25.1 Å². The third-order valence-corrected chi connectivity index (χ3v) is 4.29. The average molecular weight is 259 g/mol. The minimum Gasteiger partial charge on any atom is -0.299 e. The number of aryl methyl sites for hydroxylation is 2. The summed E-state index contributed by atoms with van der Waals surface area (Å²) in [6.45, 7) is 9.34. The first-order valence-electron chi connectivity index (χ1n) is 7.41. The van der Waals surface area contributed by atoms with E-state index in [0.717, 1.165) is 32.5 Å². The van der Waals surface area contributed by atoms with Gasteiger partial charge >= 0.3 is 0 Å². The molecule has 2 rings (SSSR count). The van der Waals surface area contributed by atoms with Crippen molar-refractivity contribution >= 4 is 5.78 Å². The number of hydrogen-bond acceptors (Lipinski definition) is 2. The molecule has 1 aliphatic heterocycles. The van der Waals surface area contributed by atoms with E-state index in [1.54, 1.807) is 0 Å². The number of likely N-dealkylation sites (tertiary alicyclic amines) is 1. The standard InChI is InChI=1S/C17H25NO/c1-4-17(19)16-6-5-9-18(12-16)11-15-8-7-13(2)14(3)10-15/h7-8,10,16H,4-6,9,11-12H2,1-3H3. The molecule has 1 aromatic rings. The lowest BCUT2D eigenvalue weighted by molar-refractivity contribution is -0.124. The highest BCUT2D eigenvalue weighted by molar-refractivity contribution is 5.80. The molecule has 0 N–H and O–H groups in total. The first-order chi connectivity index (χ1) is 9.10. The first-order valence-corrected chi connectivity index (χ1v) is 7.41. The summed E-state index contributed by atoms with van der Waals surface area (Å²) in [6, 6.07) is 6.69. The van der Waals surface area contributed by atoms with Crippen LogP contribution in [0.15, 0.2) is 18.2 Å². The molecular weight excluding hydrogens is 234 g/mol. The zero-order valence-electron chi connectivity index (χ0n) is 12.4. The molecule has 0 aliphatic carbocycles. The molecular formula is C17H25NO. The first kappa shape index (κ1) is 14.3. The van der Waals surface area contributed by atoms with Crippen molar-refractivity contribution in [2.75, 3.05) is 13.1 Å². The molecule has 1 fully saturated rings. The van der Waals surface area contributed by atoms with Crippen LogP contribution >= 0.6 is 0 Å². The Morgan fingerprint density at radius 1 is 1.32 bits per heavy atom. The van der Waals surface area contributed by atoms with Gasteiger partial charge in [0.2, 0.25) is 0 Å². The molecule has 0 radical (unpaired) electrons. The van der Waals surface area contributed by atoms with Crippen molar-refractivity contribution in [3.05, 3.63) is 34.9 Å². The zero-order chi connectivity index (χ0) is 13.8. The van der Waals surface area contributed by atoms with Crippen LogP contribution in [0.2, 0.25) is 0 Å². The van der Waals surface area contributed by atoms with Crippen LogP contribution in [0.25, 0.3) is 0 Å². The van der Waals surface area contributed by atoms with Crippen LogP contribution in [0.5, 0.6) is 0 Å². The van der Waals surface area contributed by atoms with Crippen molar-refractivity contribution in [2.24, 2.45) is 5.92 Å². The molecule has 0 aromatic heterocycles. The van der Waals surface area contributed by atoms with Crippen molar-refractivity contribution < 1.29 is 4.79 Å². The van der Waals surface area contributed by atoms with Crippen LogP contribution < -0.4 is 0 Å². The molecule has 104 valence electrons. The van der Waals surface area contributed by atoms with E-state index < -0.39 is 0 Å². The lowest BCUT2D eigenvalue weighted by atomic mass is 9.92. The molecule has 1 aliphatic rings. The van der Waals surface area contributed by atoms with Crippen molar-refractivity contribution in [2.45, 2.75) is 46.6 Å². The SMILES string of the molecule is CCC(=O)C1CCCN(Cc2ccc(C)c(C)c2)C1. The number of ketones is 1. The lowest BCUT2D eigenvalue weighted by Crippen LogP contribution is -2.38. The Morgan fingerprint density at radius 3 is 2.79 bits per heavy atom. The molecule has 2 nitrogen and oxygen atoms in total. The van der Waals surface area contributed by atoms with Crippen LogP contribution in [0, 0.1) is 19.8 Å². The molecule has 1 atom stereocenters. The number of Topliss-reactive ketones (excluding diaryl/α,β-unsaturated/α-hetero) is 1. The van der Waals surface area contributed by atoms with E-state index in [-0.39, 0.29) is 5.92 Å². The Kier molecular flexibility index (Phi) is 4.76. The number of carbonyl (C=O) groups excluding carboxylic acids is 1. The summed E-state index contributed by atoms with van der Waals surface area (Å²) in [6.07, 6.45) is 2.92. The Bertz CT molecular complexity index is 453. The smallest absolute Gasteiger partial charge is 0.136 e. The number of hydrogen-bond donors (Lipinski definition) is 0. The largest absolute Gasteiger partial charge is 0.299 e. The fourth-order valence-electron chi connectivity index (χ4n) is 2.91. The van der Waals surface area contributed by atoms with Crippen LogP contribution in [-0.4, -0.2) is 23.8 Å². The number of benzene rings is 1. The van der Waals surface area contributed by atoms with Gasteiger partial charge in [-0.2, -0.15) is 0 Å². The second kappa shape index (κ2) is 6.33. The van der Waals surface area contributed by atoms with Gasteiger partial charge in [-0.3, -0.25) is 9.69 Å². The quantitative estimate of drug-likeness (QED) is 0.825. The highest BCUT2D eigenvalue weighted by atomic mass is 16.1. The molecule has 0 amide bonds. The normalized spacial score (nSPS) is 20.5. The molecule has 1 aromatic carbocycles. The minimum absolute atomic E-state index is 0.269. The number of carbonyl (C=O) groups is 1. The second-order valence-corrected chi connectivity index (χ2v) is 5.81.